The maximum Gasteiger partial charge on any atom is 0.253 e. The van der Waals surface area contributed by atoms with E-state index in [1.807, 2.05) is 45.2 Å². The quantitative estimate of drug-likeness (QED) is 0.306. The van der Waals surface area contributed by atoms with Crippen LogP contribution in [0.15, 0.2) is 82.9 Å². The highest BCUT2D eigenvalue weighted by Crippen LogP contribution is 2.28. The number of dihydropyridines is 1. The summed E-state index contributed by atoms with van der Waals surface area (Å²) in [7, 11) is 3.55. The van der Waals surface area contributed by atoms with Crippen LogP contribution in [0.1, 0.15) is 55.6 Å². The van der Waals surface area contributed by atoms with Crippen molar-refractivity contribution in [3.05, 3.63) is 99.6 Å². The lowest BCUT2D eigenvalue weighted by Crippen LogP contribution is -2.30. The van der Waals surface area contributed by atoms with Crippen LogP contribution in [0.2, 0.25) is 0 Å². The second kappa shape index (κ2) is 14.2. The van der Waals surface area contributed by atoms with Gasteiger partial charge < -0.3 is 21.7 Å². The van der Waals surface area contributed by atoms with Crippen molar-refractivity contribution in [3.63, 3.8) is 0 Å². The number of nitrogens with one attached hydrogen (secondary N) is 2. The van der Waals surface area contributed by atoms with Crippen molar-refractivity contribution >= 4 is 17.3 Å². The number of amidine groups is 1. The van der Waals surface area contributed by atoms with Crippen LogP contribution in [0, 0.1) is 12.3 Å². The van der Waals surface area contributed by atoms with Crippen LogP contribution in [-0.2, 0) is 0 Å². The van der Waals surface area contributed by atoms with E-state index in [4.69, 9.17) is 16.9 Å². The Kier molecular flexibility index (Phi) is 11.3. The number of hydrogen-bond acceptors (Lipinski definition) is 5. The van der Waals surface area contributed by atoms with Crippen LogP contribution in [0.3, 0.4) is 0 Å². The fourth-order valence-corrected chi connectivity index (χ4v) is 4.49. The summed E-state index contributed by atoms with van der Waals surface area (Å²) in [6.45, 7) is 12.9. The molecule has 0 aliphatic carbocycles. The number of allylic oxidation sites excluding steroid dienone is 6. The molecule has 204 valence electrons. The van der Waals surface area contributed by atoms with E-state index in [0.29, 0.717) is 5.70 Å². The molecule has 6 N–H and O–H groups in total. The van der Waals surface area contributed by atoms with E-state index in [2.05, 4.69) is 42.3 Å². The van der Waals surface area contributed by atoms with Gasteiger partial charge in [0, 0.05) is 68.0 Å². The molecule has 0 fully saturated rings. The molecule has 7 heteroatoms. The molecule has 0 saturated heterocycles. The Labute approximate surface area is 228 Å². The minimum Gasteiger partial charge on any atom is -0.398 e. The van der Waals surface area contributed by atoms with E-state index < -0.39 is 0 Å². The van der Waals surface area contributed by atoms with E-state index in [-0.39, 0.29) is 11.7 Å². The van der Waals surface area contributed by atoms with Gasteiger partial charge in [0.25, 0.3) is 5.91 Å². The van der Waals surface area contributed by atoms with E-state index in [0.717, 1.165) is 54.0 Å². The fraction of sp³-hybridized carbons (Fsp3) is 0.355. The molecule has 0 radical (unpaired) electrons. The summed E-state index contributed by atoms with van der Waals surface area (Å²) in [6, 6.07) is 6.00. The second-order valence-electron chi connectivity index (χ2n) is 9.61. The molecule has 0 saturated carbocycles. The number of benzene rings is 1. The molecule has 0 spiro atoms. The van der Waals surface area contributed by atoms with Gasteiger partial charge in [0.2, 0.25) is 0 Å². The molecular formula is C31H44N6O. The predicted molar refractivity (Wildman–Crippen MR) is 161 cm³/mol. The molecule has 7 nitrogen and oxygen atoms in total. The topological polar surface area (TPSA) is 111 Å². The number of rotatable bonds is 7. The summed E-state index contributed by atoms with van der Waals surface area (Å²) in [5.74, 6) is -0.00416. The molecule has 2 heterocycles. The summed E-state index contributed by atoms with van der Waals surface area (Å²) in [5, 5.41) is 10.7. The number of carbonyl (C=O) groups excluding carboxylic acids is 1. The lowest BCUT2D eigenvalue weighted by atomic mass is 9.93. The summed E-state index contributed by atoms with van der Waals surface area (Å²) < 4.78 is 0. The molecule has 0 aromatic heterocycles. The SMILES string of the molecule is CC.CC1=C(/C=C(\C)CN2CC=C(c3ccc(C(=O)N(C)C)cc3C)CC2)/C(=C(N)\C=C/C(=N)N)C=CN1. The summed E-state index contributed by atoms with van der Waals surface area (Å²) in [4.78, 5) is 16.3. The molecule has 1 aromatic rings. The first-order chi connectivity index (χ1) is 18.1. The van der Waals surface area contributed by atoms with Crippen molar-refractivity contribution in [2.75, 3.05) is 33.7 Å². The van der Waals surface area contributed by atoms with Crippen LogP contribution in [-0.4, -0.2) is 55.3 Å². The van der Waals surface area contributed by atoms with E-state index in [9.17, 15) is 4.79 Å². The molecule has 1 amide bonds. The lowest BCUT2D eigenvalue weighted by molar-refractivity contribution is 0.0827. The number of nitrogens with zero attached hydrogens (tertiary/aromatic N) is 2. The Hall–Kier alpha value is -3.84. The second-order valence-corrected chi connectivity index (χ2v) is 9.61. The van der Waals surface area contributed by atoms with Gasteiger partial charge in [-0.2, -0.15) is 0 Å². The summed E-state index contributed by atoms with van der Waals surface area (Å²) in [5.41, 5.74) is 20.9. The van der Waals surface area contributed by atoms with Gasteiger partial charge in [0.15, 0.2) is 0 Å². The van der Waals surface area contributed by atoms with Crippen molar-refractivity contribution in [1.29, 1.82) is 5.41 Å². The van der Waals surface area contributed by atoms with Crippen molar-refractivity contribution in [1.82, 2.24) is 15.1 Å². The first-order valence-electron chi connectivity index (χ1n) is 13.1. The first-order valence-corrected chi connectivity index (χ1v) is 13.1. The average molecular weight is 517 g/mol. The third kappa shape index (κ3) is 8.08. The maximum atomic E-state index is 12.3. The third-order valence-electron chi connectivity index (χ3n) is 6.38. The normalized spacial score (nSPS) is 17.4. The van der Waals surface area contributed by atoms with Crippen LogP contribution in [0.25, 0.3) is 5.57 Å². The Morgan fingerprint density at radius 2 is 1.89 bits per heavy atom. The predicted octanol–water partition coefficient (Wildman–Crippen LogP) is 4.85. The molecule has 1 aromatic carbocycles. The highest BCUT2D eigenvalue weighted by atomic mass is 16.2. The van der Waals surface area contributed by atoms with Gasteiger partial charge >= 0.3 is 0 Å². The zero-order valence-corrected chi connectivity index (χ0v) is 24.0. The number of nitrogens with two attached hydrogens (primary N) is 2. The van der Waals surface area contributed by atoms with Gasteiger partial charge in [-0.05, 0) is 74.3 Å². The standard InChI is InChI=1S/C29H38N6O.C2H6/c1-19(16-26-21(3)33-13-10-25(26)27(30)8-9-28(31)32)18-35-14-11-22(12-15-35)24-7-6-23(17-20(24)2)29(36)34(4)5;1-2/h6-11,13,16-17,33H,12,14-15,18,30H2,1-5H3,(H3,31,32);1-2H3/b9-8-,19-16+,27-25+;. The molecule has 2 aliphatic rings. The van der Waals surface area contributed by atoms with E-state index >= 15 is 0 Å². The van der Waals surface area contributed by atoms with Gasteiger partial charge in [-0.3, -0.25) is 15.1 Å². The van der Waals surface area contributed by atoms with Crippen molar-refractivity contribution < 1.29 is 4.79 Å². The van der Waals surface area contributed by atoms with Gasteiger partial charge in [0.1, 0.15) is 5.84 Å². The highest BCUT2D eigenvalue weighted by Gasteiger charge is 2.17. The van der Waals surface area contributed by atoms with Gasteiger partial charge in [-0.25, -0.2) is 0 Å². The molecular weight excluding hydrogens is 472 g/mol. The molecule has 0 atom stereocenters. The lowest BCUT2D eigenvalue weighted by Gasteiger charge is -2.28. The minimum absolute atomic E-state index is 0.0272. The maximum absolute atomic E-state index is 12.3. The van der Waals surface area contributed by atoms with E-state index in [1.165, 1.54) is 22.8 Å². The first kappa shape index (κ1) is 30.4. The molecule has 0 unspecified atom stereocenters. The summed E-state index contributed by atoms with van der Waals surface area (Å²) >= 11 is 0. The third-order valence-corrected chi connectivity index (χ3v) is 6.38. The van der Waals surface area contributed by atoms with Crippen LogP contribution in [0.4, 0.5) is 0 Å². The monoisotopic (exact) mass is 516 g/mol. The number of amides is 1. The van der Waals surface area contributed by atoms with Crippen molar-refractivity contribution in [2.45, 2.75) is 41.0 Å². The van der Waals surface area contributed by atoms with E-state index in [1.54, 1.807) is 25.1 Å². The molecule has 2 aliphatic heterocycles. The van der Waals surface area contributed by atoms with Gasteiger partial charge in [-0.1, -0.05) is 37.6 Å². The summed E-state index contributed by atoms with van der Waals surface area (Å²) in [6.07, 6.45) is 12.4. The van der Waals surface area contributed by atoms with Crippen LogP contribution < -0.4 is 16.8 Å². The Bertz CT molecular complexity index is 1230. The van der Waals surface area contributed by atoms with Crippen molar-refractivity contribution in [3.8, 4) is 0 Å². The van der Waals surface area contributed by atoms with Crippen LogP contribution >= 0.6 is 0 Å². The largest absolute Gasteiger partial charge is 0.398 e. The zero-order chi connectivity index (χ0) is 28.4. The molecule has 0 bridgehead atoms. The Balaban J connectivity index is 0.00000247. The van der Waals surface area contributed by atoms with Gasteiger partial charge in [0.05, 0.1) is 0 Å². The zero-order valence-electron chi connectivity index (χ0n) is 24.0. The number of hydrogen-bond donors (Lipinski definition) is 4. The fourth-order valence-electron chi connectivity index (χ4n) is 4.49. The number of aryl methyl sites for hydroxylation is 1. The Morgan fingerprint density at radius 3 is 2.47 bits per heavy atom. The van der Waals surface area contributed by atoms with Crippen LogP contribution in [0.5, 0.6) is 0 Å². The minimum atomic E-state index is -0.0313. The smallest absolute Gasteiger partial charge is 0.253 e. The molecule has 38 heavy (non-hydrogen) atoms. The van der Waals surface area contributed by atoms with Crippen molar-refractivity contribution in [2.24, 2.45) is 11.5 Å². The highest BCUT2D eigenvalue weighted by molar-refractivity contribution is 5.94. The number of carbonyl (C=O) groups is 1. The molecule has 3 rings (SSSR count). The Morgan fingerprint density at radius 1 is 1.18 bits per heavy atom. The average Bonchev–Trinajstić information content (AvgIpc) is 2.89. The van der Waals surface area contributed by atoms with Gasteiger partial charge in [-0.15, -0.1) is 0 Å².